The lowest BCUT2D eigenvalue weighted by atomic mass is 10.1. The predicted molar refractivity (Wildman–Crippen MR) is 44.7 cm³/mol. The molecule has 1 aromatic rings. The van der Waals surface area contributed by atoms with Crippen molar-refractivity contribution in [1.29, 1.82) is 0 Å². The number of non-ortho nitro benzene ring substituents is 1. The Morgan fingerprint density at radius 1 is 1.46 bits per heavy atom. The molecule has 1 heterocycles. The highest BCUT2D eigenvalue weighted by atomic mass is 16.6. The molecule has 0 aliphatic carbocycles. The molecular formula is C8H8N2O3. The first-order valence-electron chi connectivity index (χ1n) is 3.88. The second-order valence-corrected chi connectivity index (χ2v) is 2.82. The second kappa shape index (κ2) is 3.12. The standard InChI is InChI=1S/C8H8N2O3/c11-10(12)8-2-1-6-4-9-13-5-7(6)3-8/h1-3,9H,4-5H2. The van der Waals surface area contributed by atoms with Crippen LogP contribution >= 0.6 is 0 Å². The molecule has 0 amide bonds. The van der Waals surface area contributed by atoms with Crippen LogP contribution in [-0.2, 0) is 18.0 Å². The highest BCUT2D eigenvalue weighted by Gasteiger charge is 2.13. The maximum Gasteiger partial charge on any atom is 0.269 e. The van der Waals surface area contributed by atoms with E-state index in [0.717, 1.165) is 11.1 Å². The summed E-state index contributed by atoms with van der Waals surface area (Å²) in [5, 5.41) is 10.4. The molecule has 0 fully saturated rings. The normalized spacial score (nSPS) is 15.1. The zero-order chi connectivity index (χ0) is 9.26. The van der Waals surface area contributed by atoms with Crippen molar-refractivity contribution in [2.75, 3.05) is 0 Å². The summed E-state index contributed by atoms with van der Waals surface area (Å²) in [6.45, 7) is 0.990. The summed E-state index contributed by atoms with van der Waals surface area (Å²) in [7, 11) is 0. The molecule has 1 aromatic carbocycles. The number of hydroxylamine groups is 1. The van der Waals surface area contributed by atoms with Crippen LogP contribution in [0.3, 0.4) is 0 Å². The van der Waals surface area contributed by atoms with Gasteiger partial charge < -0.3 is 0 Å². The number of nitrogens with one attached hydrogen (secondary N) is 1. The molecule has 0 saturated carbocycles. The van der Waals surface area contributed by atoms with Crippen molar-refractivity contribution >= 4 is 5.69 Å². The Bertz CT molecular complexity index is 351. The third-order valence-electron chi connectivity index (χ3n) is 1.99. The third-order valence-corrected chi connectivity index (χ3v) is 1.99. The van der Waals surface area contributed by atoms with E-state index in [1.807, 2.05) is 0 Å². The van der Waals surface area contributed by atoms with Crippen LogP contribution in [0.1, 0.15) is 11.1 Å². The lowest BCUT2D eigenvalue weighted by Crippen LogP contribution is -2.21. The van der Waals surface area contributed by atoms with E-state index in [-0.39, 0.29) is 5.69 Å². The fourth-order valence-corrected chi connectivity index (χ4v) is 1.29. The van der Waals surface area contributed by atoms with E-state index in [2.05, 4.69) is 5.48 Å². The van der Waals surface area contributed by atoms with Crippen LogP contribution in [0.5, 0.6) is 0 Å². The molecule has 0 atom stereocenters. The van der Waals surface area contributed by atoms with Gasteiger partial charge in [-0.25, -0.2) is 0 Å². The lowest BCUT2D eigenvalue weighted by molar-refractivity contribution is -0.385. The van der Waals surface area contributed by atoms with E-state index in [9.17, 15) is 10.1 Å². The highest BCUT2D eigenvalue weighted by molar-refractivity contribution is 5.40. The van der Waals surface area contributed by atoms with Crippen molar-refractivity contribution in [3.8, 4) is 0 Å². The lowest BCUT2D eigenvalue weighted by Gasteiger charge is -2.15. The zero-order valence-corrected chi connectivity index (χ0v) is 6.82. The molecule has 0 spiro atoms. The van der Waals surface area contributed by atoms with Gasteiger partial charge in [-0.3, -0.25) is 15.0 Å². The van der Waals surface area contributed by atoms with E-state index >= 15 is 0 Å². The summed E-state index contributed by atoms with van der Waals surface area (Å²) in [5.74, 6) is 0. The van der Waals surface area contributed by atoms with Crippen LogP contribution in [0.4, 0.5) is 5.69 Å². The van der Waals surface area contributed by atoms with Crippen LogP contribution < -0.4 is 5.48 Å². The van der Waals surface area contributed by atoms with E-state index in [4.69, 9.17) is 4.84 Å². The van der Waals surface area contributed by atoms with E-state index in [1.54, 1.807) is 12.1 Å². The van der Waals surface area contributed by atoms with Gasteiger partial charge in [-0.15, -0.1) is 0 Å². The smallest absolute Gasteiger partial charge is 0.269 e. The van der Waals surface area contributed by atoms with Crippen molar-refractivity contribution in [2.24, 2.45) is 0 Å². The highest BCUT2D eigenvalue weighted by Crippen LogP contribution is 2.20. The quantitative estimate of drug-likeness (QED) is 0.519. The molecule has 0 bridgehead atoms. The van der Waals surface area contributed by atoms with Crippen molar-refractivity contribution < 1.29 is 9.76 Å². The van der Waals surface area contributed by atoms with Crippen LogP contribution in [0.15, 0.2) is 18.2 Å². The molecule has 68 valence electrons. The average molecular weight is 180 g/mol. The molecule has 5 nitrogen and oxygen atoms in total. The average Bonchev–Trinajstić information content (AvgIpc) is 2.17. The molecule has 13 heavy (non-hydrogen) atoms. The number of nitro benzene ring substituents is 1. The van der Waals surface area contributed by atoms with Crippen LogP contribution in [0.25, 0.3) is 0 Å². The van der Waals surface area contributed by atoms with Crippen LogP contribution in [-0.4, -0.2) is 4.92 Å². The van der Waals surface area contributed by atoms with Crippen molar-refractivity contribution in [3.63, 3.8) is 0 Å². The summed E-state index contributed by atoms with van der Waals surface area (Å²) in [6, 6.07) is 4.81. The van der Waals surface area contributed by atoms with E-state index in [1.165, 1.54) is 6.07 Å². The minimum Gasteiger partial charge on any atom is -0.297 e. The largest absolute Gasteiger partial charge is 0.297 e. The molecule has 0 radical (unpaired) electrons. The first-order valence-corrected chi connectivity index (χ1v) is 3.88. The first kappa shape index (κ1) is 8.15. The molecule has 0 saturated heterocycles. The molecular weight excluding hydrogens is 172 g/mol. The fraction of sp³-hybridized carbons (Fsp3) is 0.250. The summed E-state index contributed by atoms with van der Waals surface area (Å²) in [6.07, 6.45) is 0. The molecule has 2 rings (SSSR count). The zero-order valence-electron chi connectivity index (χ0n) is 6.82. The van der Waals surface area contributed by atoms with Crippen molar-refractivity contribution in [3.05, 3.63) is 39.4 Å². The maximum atomic E-state index is 10.4. The van der Waals surface area contributed by atoms with Gasteiger partial charge in [-0.1, -0.05) is 6.07 Å². The monoisotopic (exact) mass is 180 g/mol. The fourth-order valence-electron chi connectivity index (χ4n) is 1.29. The third kappa shape index (κ3) is 1.51. The van der Waals surface area contributed by atoms with Gasteiger partial charge in [-0.05, 0) is 11.1 Å². The Labute approximate surface area is 74.4 Å². The number of hydrogen-bond acceptors (Lipinski definition) is 4. The number of nitrogens with zero attached hydrogens (tertiary/aromatic N) is 1. The number of fused-ring (bicyclic) bond motifs is 1. The Hall–Kier alpha value is -1.46. The van der Waals surface area contributed by atoms with Gasteiger partial charge in [0.2, 0.25) is 0 Å². The predicted octanol–water partition coefficient (Wildman–Crippen LogP) is 1.13. The van der Waals surface area contributed by atoms with Crippen LogP contribution in [0.2, 0.25) is 0 Å². The van der Waals surface area contributed by atoms with Gasteiger partial charge in [0, 0.05) is 18.7 Å². The Kier molecular flexibility index (Phi) is 1.96. The van der Waals surface area contributed by atoms with E-state index in [0.29, 0.717) is 13.2 Å². The molecule has 1 aliphatic heterocycles. The topological polar surface area (TPSA) is 64.4 Å². The van der Waals surface area contributed by atoms with Gasteiger partial charge >= 0.3 is 0 Å². The summed E-state index contributed by atoms with van der Waals surface area (Å²) >= 11 is 0. The van der Waals surface area contributed by atoms with Gasteiger partial charge in [0.25, 0.3) is 5.69 Å². The van der Waals surface area contributed by atoms with Crippen molar-refractivity contribution in [1.82, 2.24) is 5.48 Å². The summed E-state index contributed by atoms with van der Waals surface area (Å²) in [4.78, 5) is 15.0. The molecule has 0 aromatic heterocycles. The number of rotatable bonds is 1. The van der Waals surface area contributed by atoms with E-state index < -0.39 is 4.92 Å². The van der Waals surface area contributed by atoms with Gasteiger partial charge in [0.1, 0.15) is 0 Å². The summed E-state index contributed by atoms with van der Waals surface area (Å²) < 4.78 is 0. The maximum absolute atomic E-state index is 10.4. The second-order valence-electron chi connectivity index (χ2n) is 2.82. The van der Waals surface area contributed by atoms with Gasteiger partial charge in [0.15, 0.2) is 0 Å². The van der Waals surface area contributed by atoms with Crippen LogP contribution in [0, 0.1) is 10.1 Å². The molecule has 1 aliphatic rings. The first-order chi connectivity index (χ1) is 6.27. The Morgan fingerprint density at radius 2 is 2.31 bits per heavy atom. The molecule has 5 heteroatoms. The number of hydrogen-bond donors (Lipinski definition) is 1. The minimum absolute atomic E-state index is 0.115. The van der Waals surface area contributed by atoms with Gasteiger partial charge in [0.05, 0.1) is 11.5 Å². The molecule has 1 N–H and O–H groups in total. The Morgan fingerprint density at radius 3 is 3.08 bits per heavy atom. The Balaban J connectivity index is 2.40. The SMILES string of the molecule is O=[N+]([O-])c1ccc2c(c1)CONC2. The number of benzene rings is 1. The summed E-state index contributed by atoms with van der Waals surface area (Å²) in [5.41, 5.74) is 4.77. The number of nitro groups is 1. The minimum atomic E-state index is -0.400. The molecule has 0 unspecified atom stereocenters. The van der Waals surface area contributed by atoms with Gasteiger partial charge in [-0.2, -0.15) is 5.48 Å². The van der Waals surface area contributed by atoms with Crippen molar-refractivity contribution in [2.45, 2.75) is 13.2 Å².